The maximum atomic E-state index is 11.0. The second kappa shape index (κ2) is 6.78. The molecule has 0 fully saturated rings. The molecule has 0 atom stereocenters. The van der Waals surface area contributed by atoms with E-state index in [0.717, 1.165) is 17.2 Å². The van der Waals surface area contributed by atoms with Crippen molar-refractivity contribution in [3.8, 4) is 0 Å². The Morgan fingerprint density at radius 1 is 1.00 bits per heavy atom. The van der Waals surface area contributed by atoms with E-state index in [0.29, 0.717) is 11.6 Å². The molecule has 0 aliphatic rings. The molecule has 0 radical (unpaired) electrons. The molecule has 0 saturated heterocycles. The number of carbonyl (C=O) groups excluding carboxylic acids is 1. The van der Waals surface area contributed by atoms with Crippen molar-refractivity contribution in [1.82, 2.24) is 19.7 Å². The van der Waals surface area contributed by atoms with E-state index in [1.165, 1.54) is 13.3 Å². The lowest BCUT2D eigenvalue weighted by Crippen LogP contribution is -2.05. The van der Waals surface area contributed by atoms with Crippen LogP contribution in [0.3, 0.4) is 0 Å². The van der Waals surface area contributed by atoms with Gasteiger partial charge in [-0.3, -0.25) is 9.48 Å². The zero-order chi connectivity index (χ0) is 16.9. The average Bonchev–Trinajstić information content (AvgIpc) is 2.94. The number of amides is 1. The van der Waals surface area contributed by atoms with Gasteiger partial charge >= 0.3 is 0 Å². The van der Waals surface area contributed by atoms with Crippen molar-refractivity contribution in [1.29, 1.82) is 0 Å². The van der Waals surface area contributed by atoms with Gasteiger partial charge in [0.05, 0.1) is 6.20 Å². The normalized spacial score (nSPS) is 10.2. The van der Waals surface area contributed by atoms with Gasteiger partial charge < -0.3 is 16.0 Å². The van der Waals surface area contributed by atoms with E-state index >= 15 is 0 Å². The van der Waals surface area contributed by atoms with Gasteiger partial charge in [-0.1, -0.05) is 0 Å². The van der Waals surface area contributed by atoms with Crippen molar-refractivity contribution >= 4 is 34.7 Å². The maximum absolute atomic E-state index is 11.0. The largest absolute Gasteiger partial charge is 0.340 e. The molecular weight excluding hydrogens is 306 g/mol. The third-order valence-electron chi connectivity index (χ3n) is 3.22. The first-order chi connectivity index (χ1) is 11.6. The Balaban J connectivity index is 1.70. The first-order valence-corrected chi connectivity index (χ1v) is 7.32. The quantitative estimate of drug-likeness (QED) is 0.668. The van der Waals surface area contributed by atoms with E-state index in [9.17, 15) is 4.79 Å². The van der Waals surface area contributed by atoms with Gasteiger partial charge in [-0.05, 0) is 24.3 Å². The van der Waals surface area contributed by atoms with Gasteiger partial charge in [-0.25, -0.2) is 9.97 Å². The summed E-state index contributed by atoms with van der Waals surface area (Å²) in [7, 11) is 1.85. The average molecular weight is 323 g/mol. The van der Waals surface area contributed by atoms with Gasteiger partial charge in [0.2, 0.25) is 5.91 Å². The van der Waals surface area contributed by atoms with Gasteiger partial charge in [0.1, 0.15) is 23.8 Å². The van der Waals surface area contributed by atoms with Gasteiger partial charge in [0.15, 0.2) is 0 Å². The number of hydrogen-bond donors (Lipinski definition) is 3. The topological polar surface area (TPSA) is 96.8 Å². The summed E-state index contributed by atoms with van der Waals surface area (Å²) < 4.78 is 1.72. The van der Waals surface area contributed by atoms with Crippen LogP contribution < -0.4 is 16.0 Å². The van der Waals surface area contributed by atoms with Crippen LogP contribution in [0.25, 0.3) is 0 Å². The molecule has 0 spiro atoms. The summed E-state index contributed by atoms with van der Waals surface area (Å²) in [6.45, 7) is 1.48. The number of rotatable bonds is 5. The molecule has 0 saturated carbocycles. The third-order valence-corrected chi connectivity index (χ3v) is 3.22. The van der Waals surface area contributed by atoms with Crippen LogP contribution >= 0.6 is 0 Å². The SMILES string of the molecule is CC(=O)Nc1ccc(Nc2cc(Nc3ccnn3C)ncn2)cc1. The van der Waals surface area contributed by atoms with E-state index in [1.54, 1.807) is 16.9 Å². The zero-order valence-electron chi connectivity index (χ0n) is 13.3. The number of aromatic nitrogens is 4. The molecule has 0 aliphatic heterocycles. The first kappa shape index (κ1) is 15.5. The van der Waals surface area contributed by atoms with Crippen molar-refractivity contribution in [3.05, 3.63) is 48.9 Å². The molecule has 2 aromatic heterocycles. The Labute approximate surface area is 138 Å². The molecule has 2 heterocycles. The van der Waals surface area contributed by atoms with E-state index < -0.39 is 0 Å². The molecule has 122 valence electrons. The Kier molecular flexibility index (Phi) is 4.37. The molecule has 3 aromatic rings. The highest BCUT2D eigenvalue weighted by atomic mass is 16.1. The van der Waals surface area contributed by atoms with Crippen molar-refractivity contribution in [3.63, 3.8) is 0 Å². The second-order valence-corrected chi connectivity index (χ2v) is 5.14. The predicted molar refractivity (Wildman–Crippen MR) is 92.6 cm³/mol. The van der Waals surface area contributed by atoms with Gasteiger partial charge in [-0.15, -0.1) is 0 Å². The molecule has 8 heteroatoms. The minimum Gasteiger partial charge on any atom is -0.340 e. The highest BCUT2D eigenvalue weighted by Crippen LogP contribution is 2.20. The Hall–Kier alpha value is -3.42. The fourth-order valence-electron chi connectivity index (χ4n) is 2.11. The van der Waals surface area contributed by atoms with Crippen LogP contribution in [0.1, 0.15) is 6.92 Å². The van der Waals surface area contributed by atoms with Crippen molar-refractivity contribution in [2.75, 3.05) is 16.0 Å². The van der Waals surface area contributed by atoms with Crippen LogP contribution in [-0.4, -0.2) is 25.7 Å². The molecule has 24 heavy (non-hydrogen) atoms. The molecule has 0 aliphatic carbocycles. The predicted octanol–water partition coefficient (Wildman–Crippen LogP) is 2.66. The van der Waals surface area contributed by atoms with Crippen molar-refractivity contribution in [2.45, 2.75) is 6.92 Å². The van der Waals surface area contributed by atoms with E-state index in [2.05, 4.69) is 31.0 Å². The number of anilines is 5. The number of hydrogen-bond acceptors (Lipinski definition) is 6. The minimum atomic E-state index is -0.0996. The lowest BCUT2D eigenvalue weighted by molar-refractivity contribution is -0.114. The summed E-state index contributed by atoms with van der Waals surface area (Å²) in [4.78, 5) is 19.4. The van der Waals surface area contributed by atoms with E-state index in [4.69, 9.17) is 0 Å². The lowest BCUT2D eigenvalue weighted by atomic mass is 10.2. The van der Waals surface area contributed by atoms with Gasteiger partial charge in [0, 0.05) is 37.5 Å². The molecular formula is C16H17N7O. The molecule has 0 bridgehead atoms. The standard InChI is InChI=1S/C16H17N7O/c1-11(24)20-12-3-5-13(6-4-12)21-14-9-15(18-10-17-14)22-16-7-8-19-23(16)2/h3-10H,1-2H3,(H,20,24)(H2,17,18,21,22). The lowest BCUT2D eigenvalue weighted by Gasteiger charge is -2.09. The summed E-state index contributed by atoms with van der Waals surface area (Å²) >= 11 is 0. The maximum Gasteiger partial charge on any atom is 0.221 e. The number of nitrogens with one attached hydrogen (secondary N) is 3. The number of carbonyl (C=O) groups is 1. The fraction of sp³-hybridized carbons (Fsp3) is 0.125. The minimum absolute atomic E-state index is 0.0996. The Bertz CT molecular complexity index is 842. The van der Waals surface area contributed by atoms with E-state index in [-0.39, 0.29) is 5.91 Å². The molecule has 3 N–H and O–H groups in total. The summed E-state index contributed by atoms with van der Waals surface area (Å²) in [5, 5.41) is 13.2. The summed E-state index contributed by atoms with van der Waals surface area (Å²) in [6, 6.07) is 11.0. The number of benzene rings is 1. The molecule has 8 nitrogen and oxygen atoms in total. The van der Waals surface area contributed by atoms with Gasteiger partial charge in [-0.2, -0.15) is 5.10 Å². The van der Waals surface area contributed by atoms with Crippen molar-refractivity contribution < 1.29 is 4.79 Å². The molecule has 3 rings (SSSR count). The first-order valence-electron chi connectivity index (χ1n) is 7.32. The Morgan fingerprint density at radius 2 is 1.67 bits per heavy atom. The van der Waals surface area contributed by atoms with E-state index in [1.807, 2.05) is 37.4 Å². The van der Waals surface area contributed by atoms with Crippen LogP contribution in [-0.2, 0) is 11.8 Å². The molecule has 1 amide bonds. The highest BCUT2D eigenvalue weighted by Gasteiger charge is 2.03. The van der Waals surface area contributed by atoms with Crippen LogP contribution in [0.4, 0.5) is 28.8 Å². The van der Waals surface area contributed by atoms with Crippen LogP contribution in [0.2, 0.25) is 0 Å². The van der Waals surface area contributed by atoms with Crippen molar-refractivity contribution in [2.24, 2.45) is 7.05 Å². The Morgan fingerprint density at radius 3 is 2.29 bits per heavy atom. The molecule has 1 aromatic carbocycles. The van der Waals surface area contributed by atoms with Crippen LogP contribution in [0.5, 0.6) is 0 Å². The fourth-order valence-corrected chi connectivity index (χ4v) is 2.11. The third kappa shape index (κ3) is 3.86. The van der Waals surface area contributed by atoms with Crippen LogP contribution in [0.15, 0.2) is 48.9 Å². The molecule has 0 unspecified atom stereocenters. The van der Waals surface area contributed by atoms with Gasteiger partial charge in [0.25, 0.3) is 0 Å². The van der Waals surface area contributed by atoms with Crippen LogP contribution in [0, 0.1) is 0 Å². The summed E-state index contributed by atoms with van der Waals surface area (Å²) in [6.07, 6.45) is 3.19. The second-order valence-electron chi connectivity index (χ2n) is 5.14. The monoisotopic (exact) mass is 323 g/mol. The highest BCUT2D eigenvalue weighted by molar-refractivity contribution is 5.88. The number of aryl methyl sites for hydroxylation is 1. The number of nitrogens with zero attached hydrogens (tertiary/aromatic N) is 4. The summed E-state index contributed by atoms with van der Waals surface area (Å²) in [5.41, 5.74) is 1.60. The smallest absolute Gasteiger partial charge is 0.221 e. The zero-order valence-corrected chi connectivity index (χ0v) is 13.3. The summed E-state index contributed by atoms with van der Waals surface area (Å²) in [5.74, 6) is 2.05.